The number of nitrogens with one attached hydrogen (secondary N) is 1. The third-order valence-electron chi connectivity index (χ3n) is 7.24. The molecule has 0 bridgehead atoms. The maximum Gasteiger partial charge on any atom is 0.0934 e. The van der Waals surface area contributed by atoms with Gasteiger partial charge in [-0.2, -0.15) is 0 Å². The fraction of sp³-hybridized carbons (Fsp3) is 0.360. The molecule has 5 nitrogen and oxygen atoms in total. The molecule has 5 rings (SSSR count). The molecule has 1 atom stereocenters. The van der Waals surface area contributed by atoms with E-state index in [0.29, 0.717) is 38.4 Å². The Labute approximate surface area is 198 Å². The summed E-state index contributed by atoms with van der Waals surface area (Å²) in [6.07, 6.45) is 2.77. The highest BCUT2D eigenvalue weighted by atomic mass is 35.5. The van der Waals surface area contributed by atoms with Crippen molar-refractivity contribution in [1.29, 1.82) is 0 Å². The van der Waals surface area contributed by atoms with Crippen molar-refractivity contribution in [2.75, 3.05) is 13.1 Å². The van der Waals surface area contributed by atoms with Crippen LogP contribution in [0.1, 0.15) is 41.1 Å². The lowest BCUT2D eigenvalue weighted by Gasteiger charge is -2.47. The van der Waals surface area contributed by atoms with E-state index in [-0.39, 0.29) is 12.0 Å². The number of halogens is 2. The number of aryl methyl sites for hydroxylation is 1. The van der Waals surface area contributed by atoms with Crippen molar-refractivity contribution in [3.8, 4) is 11.3 Å². The van der Waals surface area contributed by atoms with Crippen LogP contribution in [-0.2, 0) is 18.6 Å². The van der Waals surface area contributed by atoms with Crippen molar-refractivity contribution in [1.82, 2.24) is 15.3 Å². The van der Waals surface area contributed by atoms with Crippen LogP contribution in [0.3, 0.4) is 0 Å². The number of aliphatic hydroxyl groups is 1. The number of hydrogen-bond acceptors (Lipinski definition) is 5. The molecule has 0 radical (unpaired) electrons. The molecule has 0 saturated carbocycles. The van der Waals surface area contributed by atoms with Gasteiger partial charge in [-0.15, -0.1) is 0 Å². The molecular formula is C25H26Cl2N4O. The quantitative estimate of drug-likeness (QED) is 0.530. The van der Waals surface area contributed by atoms with Gasteiger partial charge >= 0.3 is 0 Å². The van der Waals surface area contributed by atoms with Gasteiger partial charge in [0.15, 0.2) is 0 Å². The molecule has 1 fully saturated rings. The molecule has 2 aromatic carbocycles. The van der Waals surface area contributed by atoms with Crippen LogP contribution in [0.4, 0.5) is 0 Å². The lowest BCUT2D eigenvalue weighted by molar-refractivity contribution is 0.114. The van der Waals surface area contributed by atoms with Gasteiger partial charge in [0, 0.05) is 11.0 Å². The standard InChI is InChI=1S/C25H26Cl2N4O/c1-15-22(17-6-4-8-19(26)21(17)27)31-20(14-32)23(30-15)25(28)18-7-3-2-5-16(18)13-24(25)9-11-29-12-10-24/h2-8,29,32H,9-14,28H2,1H3. The zero-order valence-corrected chi connectivity index (χ0v) is 19.5. The molecule has 4 N–H and O–H groups in total. The molecule has 1 unspecified atom stereocenters. The minimum atomic E-state index is -0.835. The fourth-order valence-corrected chi connectivity index (χ4v) is 6.02. The van der Waals surface area contributed by atoms with Crippen LogP contribution in [0.25, 0.3) is 11.3 Å². The first-order chi connectivity index (χ1) is 15.4. The number of aliphatic hydroxyl groups excluding tert-OH is 1. The number of rotatable bonds is 3. The van der Waals surface area contributed by atoms with Gasteiger partial charge in [0.1, 0.15) is 0 Å². The third kappa shape index (κ3) is 3.11. The number of fused-ring (bicyclic) bond motifs is 1. The van der Waals surface area contributed by atoms with Gasteiger partial charge < -0.3 is 16.2 Å². The second kappa shape index (κ2) is 8.08. The molecule has 3 aromatic rings. The Hall–Kier alpha value is -2.02. The Bertz CT molecular complexity index is 1190. The lowest BCUT2D eigenvalue weighted by atomic mass is 9.63. The Balaban J connectivity index is 1.74. The van der Waals surface area contributed by atoms with Gasteiger partial charge in [0.2, 0.25) is 0 Å². The molecule has 1 aliphatic carbocycles. The minimum absolute atomic E-state index is 0.178. The van der Waals surface area contributed by atoms with E-state index in [1.807, 2.05) is 25.1 Å². The maximum atomic E-state index is 10.4. The summed E-state index contributed by atoms with van der Waals surface area (Å²) in [5.74, 6) is 0. The molecule has 1 aliphatic heterocycles. The highest BCUT2D eigenvalue weighted by Crippen LogP contribution is 2.57. The van der Waals surface area contributed by atoms with Crippen LogP contribution < -0.4 is 11.1 Å². The molecule has 0 amide bonds. The van der Waals surface area contributed by atoms with Crippen LogP contribution in [0.2, 0.25) is 10.0 Å². The largest absolute Gasteiger partial charge is 0.390 e. The van der Waals surface area contributed by atoms with E-state index in [2.05, 4.69) is 23.5 Å². The highest BCUT2D eigenvalue weighted by Gasteiger charge is 2.58. The van der Waals surface area contributed by atoms with E-state index >= 15 is 0 Å². The lowest BCUT2D eigenvalue weighted by Crippen LogP contribution is -2.56. The van der Waals surface area contributed by atoms with Crippen molar-refractivity contribution >= 4 is 23.2 Å². The van der Waals surface area contributed by atoms with Crippen LogP contribution in [0.15, 0.2) is 42.5 Å². The monoisotopic (exact) mass is 468 g/mol. The van der Waals surface area contributed by atoms with Gasteiger partial charge in [-0.1, -0.05) is 59.6 Å². The third-order valence-corrected chi connectivity index (χ3v) is 8.06. The summed E-state index contributed by atoms with van der Waals surface area (Å²) < 4.78 is 0. The van der Waals surface area contributed by atoms with E-state index in [1.54, 1.807) is 6.07 Å². The summed E-state index contributed by atoms with van der Waals surface area (Å²) in [4.78, 5) is 9.88. The molecule has 1 aromatic heterocycles. The van der Waals surface area contributed by atoms with E-state index < -0.39 is 5.54 Å². The SMILES string of the molecule is Cc1nc(C2(N)c3ccccc3CC23CCNCC3)c(CO)nc1-c1cccc(Cl)c1Cl. The Morgan fingerprint density at radius 1 is 1.06 bits per heavy atom. The number of nitrogens with zero attached hydrogens (tertiary/aromatic N) is 2. The molecule has 32 heavy (non-hydrogen) atoms. The van der Waals surface area contributed by atoms with Crippen LogP contribution in [0.5, 0.6) is 0 Å². The average molecular weight is 469 g/mol. The molecule has 166 valence electrons. The van der Waals surface area contributed by atoms with Crippen molar-refractivity contribution in [2.24, 2.45) is 11.1 Å². The van der Waals surface area contributed by atoms with Crippen LogP contribution >= 0.6 is 23.2 Å². The maximum absolute atomic E-state index is 10.4. The first-order valence-corrected chi connectivity index (χ1v) is 11.7. The number of piperidine rings is 1. The molecule has 1 spiro atoms. The topological polar surface area (TPSA) is 84.1 Å². The van der Waals surface area contributed by atoms with Gasteiger partial charge in [0.25, 0.3) is 0 Å². The number of nitrogens with two attached hydrogens (primary N) is 1. The molecule has 2 heterocycles. The molecule has 1 saturated heterocycles. The molecular weight excluding hydrogens is 443 g/mol. The van der Waals surface area contributed by atoms with Gasteiger partial charge in [-0.3, -0.25) is 4.98 Å². The number of aromatic nitrogens is 2. The normalized spacial score (nSPS) is 21.7. The zero-order chi connectivity index (χ0) is 22.5. The summed E-state index contributed by atoms with van der Waals surface area (Å²) in [6, 6.07) is 13.8. The average Bonchev–Trinajstić information content (AvgIpc) is 3.04. The predicted molar refractivity (Wildman–Crippen MR) is 128 cm³/mol. The number of benzene rings is 2. The Kier molecular flexibility index (Phi) is 5.51. The molecule has 7 heteroatoms. The highest BCUT2D eigenvalue weighted by molar-refractivity contribution is 6.43. The second-order valence-corrected chi connectivity index (χ2v) is 9.67. The van der Waals surface area contributed by atoms with Crippen molar-refractivity contribution in [2.45, 2.75) is 38.3 Å². The fourth-order valence-electron chi connectivity index (χ4n) is 5.63. The van der Waals surface area contributed by atoms with Crippen LogP contribution in [0, 0.1) is 12.3 Å². The summed E-state index contributed by atoms with van der Waals surface area (Å²) in [5, 5.41) is 14.7. The van der Waals surface area contributed by atoms with Crippen molar-refractivity contribution in [3.63, 3.8) is 0 Å². The Morgan fingerprint density at radius 2 is 1.81 bits per heavy atom. The van der Waals surface area contributed by atoms with Gasteiger partial charge in [-0.05, 0) is 56.5 Å². The van der Waals surface area contributed by atoms with E-state index in [1.165, 1.54) is 5.56 Å². The zero-order valence-electron chi connectivity index (χ0n) is 18.0. The first-order valence-electron chi connectivity index (χ1n) is 10.9. The van der Waals surface area contributed by atoms with Crippen molar-refractivity contribution < 1.29 is 5.11 Å². The van der Waals surface area contributed by atoms with E-state index in [0.717, 1.165) is 37.9 Å². The number of hydrogen-bond donors (Lipinski definition) is 3. The van der Waals surface area contributed by atoms with E-state index in [9.17, 15) is 5.11 Å². The summed E-state index contributed by atoms with van der Waals surface area (Å²) in [5.41, 5.74) is 11.9. The van der Waals surface area contributed by atoms with Crippen LogP contribution in [-0.4, -0.2) is 28.2 Å². The first kappa shape index (κ1) is 21.8. The predicted octanol–water partition coefficient (Wildman–Crippen LogP) is 4.38. The van der Waals surface area contributed by atoms with Gasteiger partial charge in [0.05, 0.1) is 45.0 Å². The van der Waals surface area contributed by atoms with Crippen molar-refractivity contribution in [3.05, 3.63) is 80.7 Å². The molecule has 2 aliphatic rings. The summed E-state index contributed by atoms with van der Waals surface area (Å²) in [6.45, 7) is 3.46. The summed E-state index contributed by atoms with van der Waals surface area (Å²) in [7, 11) is 0. The minimum Gasteiger partial charge on any atom is -0.390 e. The smallest absolute Gasteiger partial charge is 0.0934 e. The second-order valence-electron chi connectivity index (χ2n) is 8.88. The van der Waals surface area contributed by atoms with Gasteiger partial charge in [-0.25, -0.2) is 4.98 Å². The van der Waals surface area contributed by atoms with E-state index in [4.69, 9.17) is 38.9 Å². The summed E-state index contributed by atoms with van der Waals surface area (Å²) >= 11 is 12.7. The Morgan fingerprint density at radius 3 is 2.56 bits per heavy atom.